The van der Waals surface area contributed by atoms with Crippen molar-refractivity contribution in [3.63, 3.8) is 0 Å². The van der Waals surface area contributed by atoms with Gasteiger partial charge in [0.2, 0.25) is 0 Å². The molecule has 2 rings (SSSR count). The van der Waals surface area contributed by atoms with Gasteiger partial charge in [0.05, 0.1) is 4.92 Å². The van der Waals surface area contributed by atoms with Crippen LogP contribution in [0.5, 0.6) is 0 Å². The normalized spacial score (nSPS) is 15.1. The molecule has 1 aliphatic rings. The molecule has 1 heterocycles. The summed E-state index contributed by atoms with van der Waals surface area (Å²) in [5.74, 6) is 0. The molecule has 9 nitrogen and oxygen atoms in total. The third kappa shape index (κ3) is 4.83. The lowest BCUT2D eigenvalue weighted by Gasteiger charge is -2.36. The van der Waals surface area contributed by atoms with Gasteiger partial charge in [-0.05, 0) is 32.3 Å². The molecule has 1 amide bonds. The van der Waals surface area contributed by atoms with E-state index in [9.17, 15) is 25.0 Å². The van der Waals surface area contributed by atoms with E-state index in [-0.39, 0.29) is 11.2 Å². The van der Waals surface area contributed by atoms with Crippen LogP contribution in [0, 0.1) is 10.1 Å². The Morgan fingerprint density at radius 3 is 2.32 bits per heavy atom. The van der Waals surface area contributed by atoms with Gasteiger partial charge >= 0.3 is 13.2 Å². The summed E-state index contributed by atoms with van der Waals surface area (Å²) in [7, 11) is -1.77. The zero-order valence-electron chi connectivity index (χ0n) is 14.5. The minimum atomic E-state index is -1.77. The van der Waals surface area contributed by atoms with Crippen LogP contribution < -0.4 is 10.4 Å². The first-order chi connectivity index (χ1) is 11.6. The predicted molar refractivity (Wildman–Crippen MR) is 92.9 cm³/mol. The SMILES string of the molecule is CC(C)(C)OC(=O)N1CCN(c2ccc(B(O)O)cc2[N+](=O)[O-])CC1. The Hall–Kier alpha value is -2.33. The van der Waals surface area contributed by atoms with Crippen LogP contribution in [0.2, 0.25) is 0 Å². The average molecular weight is 351 g/mol. The van der Waals surface area contributed by atoms with Crippen LogP contribution in [-0.2, 0) is 4.74 Å². The number of amides is 1. The van der Waals surface area contributed by atoms with Gasteiger partial charge in [0.25, 0.3) is 5.69 Å². The second-order valence-corrected chi connectivity index (χ2v) is 6.83. The van der Waals surface area contributed by atoms with Crippen molar-refractivity contribution in [3.8, 4) is 0 Å². The second kappa shape index (κ2) is 7.28. The summed E-state index contributed by atoms with van der Waals surface area (Å²) in [5, 5.41) is 29.7. The first-order valence-corrected chi connectivity index (χ1v) is 7.96. The maximum Gasteiger partial charge on any atom is 0.488 e. The highest BCUT2D eigenvalue weighted by Crippen LogP contribution is 2.28. The lowest BCUT2D eigenvalue weighted by Crippen LogP contribution is -2.50. The van der Waals surface area contributed by atoms with Crippen molar-refractivity contribution in [2.75, 3.05) is 31.1 Å². The molecular formula is C15H22BN3O6. The van der Waals surface area contributed by atoms with E-state index in [2.05, 4.69) is 0 Å². The number of hydrogen-bond donors (Lipinski definition) is 2. The van der Waals surface area contributed by atoms with Gasteiger partial charge in [-0.15, -0.1) is 0 Å². The van der Waals surface area contributed by atoms with Crippen molar-refractivity contribution in [2.45, 2.75) is 26.4 Å². The van der Waals surface area contributed by atoms with Crippen molar-refractivity contribution in [1.29, 1.82) is 0 Å². The topological polar surface area (TPSA) is 116 Å². The highest BCUT2D eigenvalue weighted by Gasteiger charge is 2.29. The van der Waals surface area contributed by atoms with Crippen LogP contribution >= 0.6 is 0 Å². The Morgan fingerprint density at radius 2 is 1.84 bits per heavy atom. The number of carbonyl (C=O) groups is 1. The van der Waals surface area contributed by atoms with Crippen LogP contribution in [0.15, 0.2) is 18.2 Å². The first kappa shape index (κ1) is 19.0. The molecule has 0 aliphatic carbocycles. The molecule has 0 aromatic heterocycles. The third-order valence-corrected chi connectivity index (χ3v) is 3.77. The van der Waals surface area contributed by atoms with Gasteiger partial charge in [0.1, 0.15) is 11.3 Å². The summed E-state index contributed by atoms with van der Waals surface area (Å²) in [6.07, 6.45) is -0.402. The monoisotopic (exact) mass is 351 g/mol. The van der Waals surface area contributed by atoms with Crippen molar-refractivity contribution in [3.05, 3.63) is 28.3 Å². The number of hydrogen-bond acceptors (Lipinski definition) is 7. The number of carbonyl (C=O) groups excluding carboxylic acids is 1. The van der Waals surface area contributed by atoms with Crippen LogP contribution in [-0.4, -0.2) is 64.9 Å². The van der Waals surface area contributed by atoms with Crippen LogP contribution in [0.4, 0.5) is 16.2 Å². The number of ether oxygens (including phenoxy) is 1. The van der Waals surface area contributed by atoms with Crippen molar-refractivity contribution in [1.82, 2.24) is 4.90 Å². The van der Waals surface area contributed by atoms with Crippen molar-refractivity contribution >= 4 is 30.0 Å². The molecule has 0 spiro atoms. The fourth-order valence-electron chi connectivity index (χ4n) is 2.57. The smallest absolute Gasteiger partial charge is 0.444 e. The highest BCUT2D eigenvalue weighted by atomic mass is 16.6. The lowest BCUT2D eigenvalue weighted by atomic mass is 9.80. The highest BCUT2D eigenvalue weighted by molar-refractivity contribution is 6.58. The second-order valence-electron chi connectivity index (χ2n) is 6.83. The first-order valence-electron chi connectivity index (χ1n) is 7.96. The zero-order valence-corrected chi connectivity index (χ0v) is 14.5. The zero-order chi connectivity index (χ0) is 18.8. The van der Waals surface area contributed by atoms with E-state index in [1.165, 1.54) is 12.1 Å². The van der Waals surface area contributed by atoms with E-state index in [4.69, 9.17) is 4.74 Å². The maximum absolute atomic E-state index is 12.1. The molecule has 0 atom stereocenters. The summed E-state index contributed by atoms with van der Waals surface area (Å²) in [6, 6.07) is 4.09. The lowest BCUT2D eigenvalue weighted by molar-refractivity contribution is -0.384. The summed E-state index contributed by atoms with van der Waals surface area (Å²) < 4.78 is 5.33. The van der Waals surface area contributed by atoms with Crippen LogP contribution in [0.1, 0.15) is 20.8 Å². The van der Waals surface area contributed by atoms with E-state index in [0.29, 0.717) is 31.9 Å². The quantitative estimate of drug-likeness (QED) is 0.458. The number of nitrogens with zero attached hydrogens (tertiary/aromatic N) is 3. The molecule has 136 valence electrons. The predicted octanol–water partition coefficient (Wildman–Crippen LogP) is 0.332. The van der Waals surface area contributed by atoms with Gasteiger partial charge in [-0.3, -0.25) is 10.1 Å². The molecule has 25 heavy (non-hydrogen) atoms. The number of nitro groups is 1. The van der Waals surface area contributed by atoms with Gasteiger partial charge in [-0.25, -0.2) is 4.79 Å². The summed E-state index contributed by atoms with van der Waals surface area (Å²) >= 11 is 0. The maximum atomic E-state index is 12.1. The Bertz CT molecular complexity index is 653. The Kier molecular flexibility index (Phi) is 5.53. The number of piperazine rings is 1. The molecule has 1 aliphatic heterocycles. The van der Waals surface area contributed by atoms with E-state index in [0.717, 1.165) is 6.07 Å². The van der Waals surface area contributed by atoms with Gasteiger partial charge in [-0.1, -0.05) is 6.07 Å². The fourth-order valence-corrected chi connectivity index (χ4v) is 2.57. The van der Waals surface area contributed by atoms with Gasteiger partial charge in [0.15, 0.2) is 0 Å². The van der Waals surface area contributed by atoms with Crippen molar-refractivity contribution < 1.29 is 24.5 Å². The molecule has 1 saturated heterocycles. The minimum Gasteiger partial charge on any atom is -0.444 e. The van der Waals surface area contributed by atoms with E-state index < -0.39 is 23.7 Å². The summed E-state index contributed by atoms with van der Waals surface area (Å²) in [4.78, 5) is 26.2. The Balaban J connectivity index is 2.10. The van der Waals surface area contributed by atoms with Gasteiger partial charge in [-0.2, -0.15) is 0 Å². The Morgan fingerprint density at radius 1 is 1.24 bits per heavy atom. The number of anilines is 1. The Labute approximate surface area is 146 Å². The molecular weight excluding hydrogens is 329 g/mol. The largest absolute Gasteiger partial charge is 0.488 e. The number of rotatable bonds is 3. The third-order valence-electron chi connectivity index (χ3n) is 3.77. The molecule has 0 unspecified atom stereocenters. The van der Waals surface area contributed by atoms with Crippen LogP contribution in [0.25, 0.3) is 0 Å². The molecule has 2 N–H and O–H groups in total. The fraction of sp³-hybridized carbons (Fsp3) is 0.533. The molecule has 1 aromatic rings. The molecule has 1 fully saturated rings. The van der Waals surface area contributed by atoms with Crippen LogP contribution in [0.3, 0.4) is 0 Å². The number of benzene rings is 1. The van der Waals surface area contributed by atoms with Gasteiger partial charge < -0.3 is 24.6 Å². The molecule has 0 radical (unpaired) electrons. The van der Waals surface area contributed by atoms with Crippen molar-refractivity contribution in [2.24, 2.45) is 0 Å². The average Bonchev–Trinajstić information content (AvgIpc) is 2.52. The van der Waals surface area contributed by atoms with E-state index in [1.54, 1.807) is 30.6 Å². The molecule has 0 bridgehead atoms. The molecule has 0 saturated carbocycles. The van der Waals surface area contributed by atoms with Gasteiger partial charge in [0, 0.05) is 32.2 Å². The minimum absolute atomic E-state index is 0.0582. The summed E-state index contributed by atoms with van der Waals surface area (Å²) in [6.45, 7) is 6.99. The van der Waals surface area contributed by atoms with E-state index >= 15 is 0 Å². The molecule has 10 heteroatoms. The number of nitro benzene ring substituents is 1. The summed E-state index contributed by atoms with van der Waals surface area (Å²) in [5.41, 5.74) is -0.328. The standard InChI is InChI=1S/C15H22BN3O6/c1-15(2,3)25-14(20)18-8-6-17(7-9-18)12-5-4-11(16(21)22)10-13(12)19(23)24/h4-5,10,21-22H,6-9H2,1-3H3. The van der Waals surface area contributed by atoms with E-state index in [1.807, 2.05) is 0 Å². The molecule has 1 aromatic carbocycles.